The molecular formula is C20H21N5O3S. The highest BCUT2D eigenvalue weighted by Gasteiger charge is 2.34. The zero-order valence-electron chi connectivity index (χ0n) is 15.8. The quantitative estimate of drug-likeness (QED) is 0.713. The van der Waals surface area contributed by atoms with E-state index in [1.165, 1.54) is 11.3 Å². The lowest BCUT2D eigenvalue weighted by molar-refractivity contribution is 0.0305. The van der Waals surface area contributed by atoms with E-state index >= 15 is 0 Å². The number of nitrogens with one attached hydrogen (secondary N) is 1. The van der Waals surface area contributed by atoms with E-state index in [4.69, 9.17) is 4.74 Å². The number of carbonyl (C=O) groups is 2. The Bertz CT molecular complexity index is 1040. The van der Waals surface area contributed by atoms with Gasteiger partial charge in [0.2, 0.25) is 0 Å². The molecule has 0 radical (unpaired) electrons. The van der Waals surface area contributed by atoms with E-state index in [-0.39, 0.29) is 17.7 Å². The maximum atomic E-state index is 13.3. The van der Waals surface area contributed by atoms with Crippen molar-refractivity contribution in [2.45, 2.75) is 12.3 Å². The van der Waals surface area contributed by atoms with Crippen LogP contribution in [0.1, 0.15) is 38.1 Å². The van der Waals surface area contributed by atoms with Crippen LogP contribution in [0, 0.1) is 0 Å². The Labute approximate surface area is 171 Å². The number of thiophene rings is 1. The highest BCUT2D eigenvalue weighted by molar-refractivity contribution is 7.20. The smallest absolute Gasteiger partial charge is 0.271 e. The molecule has 0 aliphatic carbocycles. The summed E-state index contributed by atoms with van der Waals surface area (Å²) in [5.74, 6) is 0.105. The fourth-order valence-corrected chi connectivity index (χ4v) is 5.35. The second-order valence-corrected chi connectivity index (χ2v) is 8.31. The molecule has 9 heteroatoms. The Morgan fingerprint density at radius 2 is 1.97 bits per heavy atom. The molecule has 2 aliphatic heterocycles. The van der Waals surface area contributed by atoms with Crippen LogP contribution in [0.5, 0.6) is 0 Å². The molecule has 0 saturated carbocycles. The molecule has 2 saturated heterocycles. The first-order valence-corrected chi connectivity index (χ1v) is 10.6. The third-order valence-corrected chi connectivity index (χ3v) is 6.73. The number of hydrogen-bond donors (Lipinski definition) is 1. The van der Waals surface area contributed by atoms with Gasteiger partial charge in [0.05, 0.1) is 18.1 Å². The van der Waals surface area contributed by atoms with Gasteiger partial charge in [-0.1, -0.05) is 6.07 Å². The predicted octanol–water partition coefficient (Wildman–Crippen LogP) is 2.12. The molecule has 1 atom stereocenters. The van der Waals surface area contributed by atoms with Gasteiger partial charge >= 0.3 is 0 Å². The number of amides is 2. The maximum Gasteiger partial charge on any atom is 0.271 e. The lowest BCUT2D eigenvalue weighted by atomic mass is 9.95. The van der Waals surface area contributed by atoms with E-state index in [1.807, 2.05) is 21.9 Å². The van der Waals surface area contributed by atoms with Gasteiger partial charge in [-0.3, -0.25) is 14.7 Å². The Morgan fingerprint density at radius 3 is 2.76 bits per heavy atom. The predicted molar refractivity (Wildman–Crippen MR) is 108 cm³/mol. The Kier molecular flexibility index (Phi) is 4.76. The van der Waals surface area contributed by atoms with Crippen LogP contribution in [0.2, 0.25) is 0 Å². The van der Waals surface area contributed by atoms with Gasteiger partial charge in [-0.15, -0.1) is 11.3 Å². The molecule has 2 amide bonds. The fraction of sp³-hybridized carbons (Fsp3) is 0.400. The summed E-state index contributed by atoms with van der Waals surface area (Å²) in [6.07, 6.45) is 4.16. The van der Waals surface area contributed by atoms with Crippen molar-refractivity contribution in [3.63, 3.8) is 0 Å². The van der Waals surface area contributed by atoms with Crippen molar-refractivity contribution in [3.05, 3.63) is 46.7 Å². The minimum atomic E-state index is -0.0521. The Balaban J connectivity index is 1.47. The average molecular weight is 411 g/mol. The Morgan fingerprint density at radius 1 is 1.10 bits per heavy atom. The number of pyridine rings is 1. The standard InChI is InChI=1S/C20H21N5O3S/c26-19(15-3-6-22-23-15)25-7-4-13(12-25)16-14-2-1-5-21-18(14)29-17(16)20(27)24-8-10-28-11-9-24/h1-3,5-6,13H,4,7-12H2,(H,22,23). The molecule has 0 spiro atoms. The van der Waals surface area contributed by atoms with E-state index in [0.29, 0.717) is 45.1 Å². The molecule has 3 aromatic heterocycles. The molecule has 5 rings (SSSR count). The van der Waals surface area contributed by atoms with E-state index in [1.54, 1.807) is 18.5 Å². The average Bonchev–Trinajstić information content (AvgIpc) is 3.52. The molecule has 2 aliphatic rings. The van der Waals surface area contributed by atoms with Gasteiger partial charge in [0.25, 0.3) is 11.8 Å². The number of fused-ring (bicyclic) bond motifs is 1. The number of aromatic nitrogens is 3. The van der Waals surface area contributed by atoms with E-state index in [0.717, 1.165) is 27.1 Å². The van der Waals surface area contributed by atoms with Gasteiger partial charge in [0.15, 0.2) is 0 Å². The first-order valence-electron chi connectivity index (χ1n) is 9.75. The van der Waals surface area contributed by atoms with Gasteiger partial charge in [-0.2, -0.15) is 5.10 Å². The summed E-state index contributed by atoms with van der Waals surface area (Å²) in [5, 5.41) is 7.64. The molecule has 5 heterocycles. The van der Waals surface area contributed by atoms with Gasteiger partial charge in [0.1, 0.15) is 10.5 Å². The molecule has 2 fully saturated rings. The van der Waals surface area contributed by atoms with Crippen LogP contribution >= 0.6 is 11.3 Å². The summed E-state index contributed by atoms with van der Waals surface area (Å²) in [5.41, 5.74) is 1.53. The van der Waals surface area contributed by atoms with Crippen LogP contribution in [0.15, 0.2) is 30.6 Å². The molecule has 3 aromatic rings. The lowest BCUT2D eigenvalue weighted by Gasteiger charge is -2.27. The number of carbonyl (C=O) groups excluding carboxylic acids is 2. The van der Waals surface area contributed by atoms with Crippen molar-refractivity contribution < 1.29 is 14.3 Å². The van der Waals surface area contributed by atoms with Gasteiger partial charge in [0, 0.05) is 49.9 Å². The normalized spacial score (nSPS) is 19.8. The molecule has 0 aromatic carbocycles. The highest BCUT2D eigenvalue weighted by Crippen LogP contribution is 2.40. The molecule has 29 heavy (non-hydrogen) atoms. The largest absolute Gasteiger partial charge is 0.378 e. The highest BCUT2D eigenvalue weighted by atomic mass is 32.1. The minimum absolute atomic E-state index is 0.0460. The van der Waals surface area contributed by atoms with E-state index < -0.39 is 0 Å². The van der Waals surface area contributed by atoms with Crippen LogP contribution in [-0.2, 0) is 4.74 Å². The maximum absolute atomic E-state index is 13.3. The third kappa shape index (κ3) is 3.30. The fourth-order valence-electron chi connectivity index (χ4n) is 4.15. The van der Waals surface area contributed by atoms with Crippen molar-refractivity contribution in [1.82, 2.24) is 25.0 Å². The zero-order valence-corrected chi connectivity index (χ0v) is 16.7. The first-order chi connectivity index (χ1) is 14.2. The number of nitrogens with zero attached hydrogens (tertiary/aromatic N) is 4. The molecule has 8 nitrogen and oxygen atoms in total. The van der Waals surface area contributed by atoms with Crippen molar-refractivity contribution >= 4 is 33.4 Å². The van der Waals surface area contributed by atoms with Gasteiger partial charge < -0.3 is 14.5 Å². The molecule has 150 valence electrons. The van der Waals surface area contributed by atoms with Crippen molar-refractivity contribution in [3.8, 4) is 0 Å². The number of ether oxygens (including phenoxy) is 1. The van der Waals surface area contributed by atoms with Crippen LogP contribution in [0.4, 0.5) is 0 Å². The van der Waals surface area contributed by atoms with Crippen molar-refractivity contribution in [2.24, 2.45) is 0 Å². The Hall–Kier alpha value is -2.78. The van der Waals surface area contributed by atoms with Gasteiger partial charge in [-0.05, 0) is 24.1 Å². The third-order valence-electron chi connectivity index (χ3n) is 5.61. The number of rotatable bonds is 3. The van der Waals surface area contributed by atoms with E-state index in [2.05, 4.69) is 15.2 Å². The monoisotopic (exact) mass is 411 g/mol. The molecular weight excluding hydrogens is 390 g/mol. The minimum Gasteiger partial charge on any atom is -0.378 e. The molecule has 0 bridgehead atoms. The number of hydrogen-bond acceptors (Lipinski definition) is 6. The van der Waals surface area contributed by atoms with Gasteiger partial charge in [-0.25, -0.2) is 4.98 Å². The summed E-state index contributed by atoms with van der Waals surface area (Å²) in [6.45, 7) is 3.59. The van der Waals surface area contributed by atoms with Crippen LogP contribution in [-0.4, -0.2) is 76.2 Å². The number of likely N-dealkylation sites (tertiary alicyclic amines) is 1. The topological polar surface area (TPSA) is 91.4 Å². The summed E-state index contributed by atoms with van der Waals surface area (Å²) < 4.78 is 5.40. The molecule has 1 N–H and O–H groups in total. The summed E-state index contributed by atoms with van der Waals surface area (Å²) in [6, 6.07) is 5.63. The van der Waals surface area contributed by atoms with Crippen molar-refractivity contribution in [2.75, 3.05) is 39.4 Å². The number of morpholine rings is 1. The second-order valence-electron chi connectivity index (χ2n) is 7.31. The van der Waals surface area contributed by atoms with Crippen LogP contribution < -0.4 is 0 Å². The van der Waals surface area contributed by atoms with Crippen LogP contribution in [0.25, 0.3) is 10.2 Å². The van der Waals surface area contributed by atoms with Crippen molar-refractivity contribution in [1.29, 1.82) is 0 Å². The van der Waals surface area contributed by atoms with Crippen LogP contribution in [0.3, 0.4) is 0 Å². The lowest BCUT2D eigenvalue weighted by Crippen LogP contribution is -2.40. The zero-order chi connectivity index (χ0) is 19.8. The number of aromatic amines is 1. The first kappa shape index (κ1) is 18.3. The summed E-state index contributed by atoms with van der Waals surface area (Å²) >= 11 is 1.46. The SMILES string of the molecule is O=C(c1ccn[nH]1)N1CCC(c2c(C(=O)N3CCOCC3)sc3ncccc23)C1. The summed E-state index contributed by atoms with van der Waals surface area (Å²) in [7, 11) is 0. The second kappa shape index (κ2) is 7.57. The number of H-pyrrole nitrogens is 1. The van der Waals surface area contributed by atoms with E-state index in [9.17, 15) is 9.59 Å². The molecule has 1 unspecified atom stereocenters. The summed E-state index contributed by atoms with van der Waals surface area (Å²) in [4.78, 5) is 35.8.